The molecule has 17 heavy (non-hydrogen) atoms. The number of para-hydroxylation sites is 2. The summed E-state index contributed by atoms with van der Waals surface area (Å²) >= 11 is 0. The van der Waals surface area contributed by atoms with Gasteiger partial charge in [-0.2, -0.15) is 0 Å². The van der Waals surface area contributed by atoms with Gasteiger partial charge in [0.2, 0.25) is 5.91 Å². The van der Waals surface area contributed by atoms with Crippen LogP contribution in [-0.4, -0.2) is 30.6 Å². The van der Waals surface area contributed by atoms with Gasteiger partial charge in [0.05, 0.1) is 17.3 Å². The average Bonchev–Trinajstić information content (AvgIpc) is 2.71. The number of carboxylic acids is 1. The van der Waals surface area contributed by atoms with Gasteiger partial charge in [0.15, 0.2) is 0 Å². The lowest BCUT2D eigenvalue weighted by molar-refractivity contribution is -0.141. The maximum Gasteiger partial charge on any atom is 0.308 e. The summed E-state index contributed by atoms with van der Waals surface area (Å²) in [7, 11) is 1.77. The van der Waals surface area contributed by atoms with Crippen LogP contribution in [0.15, 0.2) is 24.3 Å². The number of carboxylic acid groups (broad SMARTS) is 1. The molecular weight excluding hydrogens is 220 g/mol. The smallest absolute Gasteiger partial charge is 0.308 e. The van der Waals surface area contributed by atoms with E-state index in [4.69, 9.17) is 5.11 Å². The maximum atomic E-state index is 11.8. The van der Waals surface area contributed by atoms with E-state index >= 15 is 0 Å². The quantitative estimate of drug-likeness (QED) is 0.823. The summed E-state index contributed by atoms with van der Waals surface area (Å²) in [4.78, 5) is 24.2. The third-order valence-corrected chi connectivity index (χ3v) is 2.94. The second-order valence-electron chi connectivity index (χ2n) is 4.01. The summed E-state index contributed by atoms with van der Waals surface area (Å²) < 4.78 is 0. The van der Waals surface area contributed by atoms with Gasteiger partial charge in [-0.3, -0.25) is 9.59 Å². The Bertz CT molecular complexity index is 459. The number of aliphatic carboxylic acids is 1. The van der Waals surface area contributed by atoms with Crippen LogP contribution in [0.2, 0.25) is 0 Å². The molecule has 1 aromatic rings. The van der Waals surface area contributed by atoms with Crippen LogP contribution in [0.3, 0.4) is 0 Å². The molecule has 1 atom stereocenters. The number of nitrogens with zero attached hydrogens (tertiary/aromatic N) is 1. The van der Waals surface area contributed by atoms with E-state index < -0.39 is 11.9 Å². The molecule has 0 saturated carbocycles. The van der Waals surface area contributed by atoms with Crippen LogP contribution in [0, 0.1) is 5.92 Å². The normalized spacial score (nSPS) is 19.5. The summed E-state index contributed by atoms with van der Waals surface area (Å²) in [5, 5.41) is 11.9. The topological polar surface area (TPSA) is 69.6 Å². The predicted octanol–water partition coefficient (Wildman–Crippen LogP) is 1.17. The van der Waals surface area contributed by atoms with Crippen molar-refractivity contribution in [3.8, 4) is 0 Å². The minimum absolute atomic E-state index is 0.0768. The molecule has 0 bridgehead atoms. The molecular formula is C12H14N2O3. The minimum atomic E-state index is -0.914. The second-order valence-corrected chi connectivity index (χ2v) is 4.01. The Kier molecular flexibility index (Phi) is 2.99. The van der Waals surface area contributed by atoms with Crippen molar-refractivity contribution in [1.82, 2.24) is 0 Å². The van der Waals surface area contributed by atoms with Gasteiger partial charge >= 0.3 is 5.97 Å². The van der Waals surface area contributed by atoms with Crippen molar-refractivity contribution < 1.29 is 14.7 Å². The summed E-state index contributed by atoms with van der Waals surface area (Å²) in [6.07, 6.45) is 0.0768. The highest BCUT2D eigenvalue weighted by Crippen LogP contribution is 2.30. The number of hydrogen-bond donors (Lipinski definition) is 2. The van der Waals surface area contributed by atoms with Crippen LogP contribution >= 0.6 is 0 Å². The van der Waals surface area contributed by atoms with E-state index in [0.717, 1.165) is 11.4 Å². The molecule has 2 rings (SSSR count). The zero-order valence-corrected chi connectivity index (χ0v) is 9.51. The van der Waals surface area contributed by atoms with Crippen LogP contribution in [0.25, 0.3) is 0 Å². The third kappa shape index (κ3) is 2.08. The highest BCUT2D eigenvalue weighted by Gasteiger charge is 2.35. The maximum absolute atomic E-state index is 11.8. The molecule has 0 aliphatic carbocycles. The number of carbonyl (C=O) groups is 2. The number of benzene rings is 1. The summed E-state index contributed by atoms with van der Waals surface area (Å²) in [6, 6.07) is 7.37. The van der Waals surface area contributed by atoms with Crippen molar-refractivity contribution in [2.45, 2.75) is 6.42 Å². The Morgan fingerprint density at radius 2 is 2.18 bits per heavy atom. The number of hydrogen-bond acceptors (Lipinski definition) is 3. The Balaban J connectivity index is 2.29. The summed E-state index contributed by atoms with van der Waals surface area (Å²) in [5.41, 5.74) is 1.57. The van der Waals surface area contributed by atoms with Crippen LogP contribution in [0.1, 0.15) is 6.42 Å². The third-order valence-electron chi connectivity index (χ3n) is 2.94. The van der Waals surface area contributed by atoms with Crippen molar-refractivity contribution in [3.63, 3.8) is 0 Å². The summed E-state index contributed by atoms with van der Waals surface area (Å²) in [6.45, 7) is 0.243. The Morgan fingerprint density at radius 1 is 1.47 bits per heavy atom. The lowest BCUT2D eigenvalue weighted by Gasteiger charge is -2.19. The molecule has 5 nitrogen and oxygen atoms in total. The molecule has 1 aliphatic rings. The van der Waals surface area contributed by atoms with Crippen LogP contribution in [0.4, 0.5) is 11.4 Å². The lowest BCUT2D eigenvalue weighted by Crippen LogP contribution is -2.26. The molecule has 5 heteroatoms. The molecule has 0 aromatic heterocycles. The van der Waals surface area contributed by atoms with Gasteiger partial charge in [0.25, 0.3) is 0 Å². The number of rotatable bonds is 3. The van der Waals surface area contributed by atoms with E-state index in [2.05, 4.69) is 5.32 Å². The molecule has 90 valence electrons. The molecule has 1 unspecified atom stereocenters. The first kappa shape index (κ1) is 11.4. The minimum Gasteiger partial charge on any atom is -0.481 e. The Hall–Kier alpha value is -2.04. The fourth-order valence-corrected chi connectivity index (χ4v) is 2.03. The Morgan fingerprint density at radius 3 is 2.76 bits per heavy atom. The zero-order valence-electron chi connectivity index (χ0n) is 9.51. The Labute approximate surface area is 99.0 Å². The second kappa shape index (κ2) is 4.45. The molecule has 1 aliphatic heterocycles. The first-order valence-corrected chi connectivity index (χ1v) is 5.43. The van der Waals surface area contributed by atoms with Gasteiger partial charge in [-0.25, -0.2) is 0 Å². The van der Waals surface area contributed by atoms with Crippen LogP contribution < -0.4 is 10.2 Å². The number of carbonyl (C=O) groups excluding carboxylic acids is 1. The molecule has 0 spiro atoms. The largest absolute Gasteiger partial charge is 0.481 e. The van der Waals surface area contributed by atoms with Gasteiger partial charge in [-0.1, -0.05) is 12.1 Å². The first-order valence-electron chi connectivity index (χ1n) is 5.43. The lowest BCUT2D eigenvalue weighted by atomic mass is 10.1. The van der Waals surface area contributed by atoms with E-state index in [-0.39, 0.29) is 18.9 Å². The standard InChI is InChI=1S/C12H14N2O3/c1-13-9-4-2-3-5-10(9)14-7-8(12(16)17)6-11(14)15/h2-5,8,13H,6-7H2,1H3,(H,16,17). The first-order chi connectivity index (χ1) is 8.13. The number of amides is 1. The van der Waals surface area contributed by atoms with Gasteiger partial charge in [0, 0.05) is 20.0 Å². The predicted molar refractivity (Wildman–Crippen MR) is 64.1 cm³/mol. The van der Waals surface area contributed by atoms with Gasteiger partial charge in [-0.05, 0) is 12.1 Å². The van der Waals surface area contributed by atoms with E-state index in [1.165, 1.54) is 4.90 Å². The van der Waals surface area contributed by atoms with Gasteiger partial charge in [-0.15, -0.1) is 0 Å². The zero-order chi connectivity index (χ0) is 12.4. The fourth-order valence-electron chi connectivity index (χ4n) is 2.03. The molecule has 1 amide bonds. The van der Waals surface area contributed by atoms with E-state index in [0.29, 0.717) is 0 Å². The number of nitrogens with one attached hydrogen (secondary N) is 1. The van der Waals surface area contributed by atoms with E-state index in [1.807, 2.05) is 24.3 Å². The highest BCUT2D eigenvalue weighted by atomic mass is 16.4. The molecule has 1 fully saturated rings. The SMILES string of the molecule is CNc1ccccc1N1CC(C(=O)O)CC1=O. The van der Waals surface area contributed by atoms with Crippen LogP contribution in [-0.2, 0) is 9.59 Å². The molecule has 1 aromatic carbocycles. The van der Waals surface area contributed by atoms with Crippen molar-refractivity contribution in [3.05, 3.63) is 24.3 Å². The molecule has 2 N–H and O–H groups in total. The van der Waals surface area contributed by atoms with Crippen molar-refractivity contribution in [1.29, 1.82) is 0 Å². The fraction of sp³-hybridized carbons (Fsp3) is 0.333. The average molecular weight is 234 g/mol. The van der Waals surface area contributed by atoms with Crippen LogP contribution in [0.5, 0.6) is 0 Å². The van der Waals surface area contributed by atoms with Gasteiger partial charge in [0.1, 0.15) is 0 Å². The number of anilines is 2. The molecule has 0 radical (unpaired) electrons. The van der Waals surface area contributed by atoms with Crippen molar-refractivity contribution >= 4 is 23.3 Å². The highest BCUT2D eigenvalue weighted by molar-refractivity contribution is 6.01. The van der Waals surface area contributed by atoms with Crippen molar-refractivity contribution in [2.24, 2.45) is 5.92 Å². The van der Waals surface area contributed by atoms with E-state index in [9.17, 15) is 9.59 Å². The summed E-state index contributed by atoms with van der Waals surface area (Å²) in [5.74, 6) is -1.66. The monoisotopic (exact) mass is 234 g/mol. The van der Waals surface area contributed by atoms with Crippen molar-refractivity contribution in [2.75, 3.05) is 23.8 Å². The van der Waals surface area contributed by atoms with E-state index in [1.54, 1.807) is 7.05 Å². The molecule has 1 saturated heterocycles. The molecule has 1 heterocycles. The van der Waals surface area contributed by atoms with Gasteiger partial charge < -0.3 is 15.3 Å².